The molecule has 110 valence electrons. The molecule has 5 heteroatoms. The van der Waals surface area contributed by atoms with Crippen LogP contribution in [0.1, 0.15) is 25.3 Å². The van der Waals surface area contributed by atoms with Crippen molar-refractivity contribution in [1.82, 2.24) is 0 Å². The van der Waals surface area contributed by atoms with Crippen LogP contribution in [0.25, 0.3) is 0 Å². The number of methoxy groups -OCH3 is 1. The summed E-state index contributed by atoms with van der Waals surface area (Å²) in [6.45, 7) is 2.72. The minimum Gasteiger partial charge on any atom is -0.497 e. The van der Waals surface area contributed by atoms with Crippen molar-refractivity contribution < 1.29 is 23.8 Å². The first-order chi connectivity index (χ1) is 9.65. The van der Waals surface area contributed by atoms with Crippen LogP contribution in [-0.2, 0) is 25.7 Å². The zero-order chi connectivity index (χ0) is 14.8. The minimum absolute atomic E-state index is 0.168. The lowest BCUT2D eigenvalue weighted by molar-refractivity contribution is -0.145. The van der Waals surface area contributed by atoms with Crippen LogP contribution in [0.15, 0.2) is 24.3 Å². The van der Waals surface area contributed by atoms with Gasteiger partial charge in [-0.2, -0.15) is 0 Å². The quantitative estimate of drug-likeness (QED) is 0.394. The van der Waals surface area contributed by atoms with E-state index in [2.05, 4.69) is 0 Å². The lowest BCUT2D eigenvalue weighted by Gasteiger charge is -2.05. The fourth-order valence-corrected chi connectivity index (χ4v) is 1.56. The van der Waals surface area contributed by atoms with Gasteiger partial charge in [0.25, 0.3) is 0 Å². The van der Waals surface area contributed by atoms with Gasteiger partial charge in [-0.05, 0) is 24.6 Å². The van der Waals surface area contributed by atoms with Crippen LogP contribution in [0.5, 0.6) is 5.75 Å². The Balaban J connectivity index is 2.17. The Morgan fingerprint density at radius 3 is 2.45 bits per heavy atom. The average Bonchev–Trinajstić information content (AvgIpc) is 2.44. The predicted octanol–water partition coefficient (Wildman–Crippen LogP) is 2.12. The van der Waals surface area contributed by atoms with Crippen LogP contribution < -0.4 is 4.74 Å². The van der Waals surface area contributed by atoms with E-state index in [1.54, 1.807) is 14.0 Å². The standard InChI is InChI=1S/C15H20O5/c1-3-20-15(17)10-13(16)8-9-19-11-12-4-6-14(18-2)7-5-12/h4-7H,3,8-11H2,1-2H3. The van der Waals surface area contributed by atoms with Gasteiger partial charge >= 0.3 is 5.97 Å². The molecule has 0 aromatic heterocycles. The summed E-state index contributed by atoms with van der Waals surface area (Å²) < 4.78 is 15.1. The highest BCUT2D eigenvalue weighted by molar-refractivity contribution is 5.95. The molecule has 0 N–H and O–H groups in total. The summed E-state index contributed by atoms with van der Waals surface area (Å²) in [4.78, 5) is 22.5. The molecule has 0 atom stereocenters. The second-order valence-electron chi connectivity index (χ2n) is 4.17. The fourth-order valence-electron chi connectivity index (χ4n) is 1.56. The Kier molecular flexibility index (Phi) is 7.35. The molecule has 0 aliphatic rings. The lowest BCUT2D eigenvalue weighted by atomic mass is 10.2. The molecule has 20 heavy (non-hydrogen) atoms. The molecule has 0 heterocycles. The van der Waals surface area contributed by atoms with Crippen molar-refractivity contribution in [3.8, 4) is 5.75 Å². The molecule has 0 bridgehead atoms. The summed E-state index contributed by atoms with van der Waals surface area (Å²) in [6.07, 6.45) is 0.0364. The van der Waals surface area contributed by atoms with Crippen LogP contribution in [0.4, 0.5) is 0 Å². The van der Waals surface area contributed by atoms with Crippen LogP contribution >= 0.6 is 0 Å². The summed E-state index contributed by atoms with van der Waals surface area (Å²) in [5, 5.41) is 0. The van der Waals surface area contributed by atoms with E-state index in [4.69, 9.17) is 14.2 Å². The molecule has 0 unspecified atom stereocenters. The highest BCUT2D eigenvalue weighted by Gasteiger charge is 2.09. The largest absolute Gasteiger partial charge is 0.497 e. The summed E-state index contributed by atoms with van der Waals surface area (Å²) in [7, 11) is 1.61. The molecule has 0 aliphatic heterocycles. The number of rotatable bonds is 9. The topological polar surface area (TPSA) is 61.8 Å². The highest BCUT2D eigenvalue weighted by atomic mass is 16.5. The Bertz CT molecular complexity index is 424. The van der Waals surface area contributed by atoms with E-state index in [1.807, 2.05) is 24.3 Å². The van der Waals surface area contributed by atoms with Crippen LogP contribution in [0.3, 0.4) is 0 Å². The molecule has 1 aromatic rings. The number of carbonyl (C=O) groups excluding carboxylic acids is 2. The first kappa shape index (κ1) is 16.2. The van der Waals surface area contributed by atoms with Gasteiger partial charge in [-0.3, -0.25) is 9.59 Å². The average molecular weight is 280 g/mol. The summed E-state index contributed by atoms with van der Waals surface area (Å²) in [6, 6.07) is 7.51. The summed E-state index contributed by atoms with van der Waals surface area (Å²) >= 11 is 0. The number of ether oxygens (including phenoxy) is 3. The zero-order valence-electron chi connectivity index (χ0n) is 11.9. The van der Waals surface area contributed by atoms with Crippen LogP contribution in [-0.4, -0.2) is 32.1 Å². The van der Waals surface area contributed by atoms with Gasteiger partial charge in [0, 0.05) is 6.42 Å². The maximum atomic E-state index is 11.4. The monoisotopic (exact) mass is 280 g/mol. The van der Waals surface area contributed by atoms with Crippen molar-refractivity contribution in [2.45, 2.75) is 26.4 Å². The third kappa shape index (κ3) is 6.33. The Hall–Kier alpha value is -1.88. The van der Waals surface area contributed by atoms with Crippen molar-refractivity contribution in [2.75, 3.05) is 20.3 Å². The minimum atomic E-state index is -0.479. The maximum Gasteiger partial charge on any atom is 0.313 e. The molecule has 0 saturated heterocycles. The number of benzene rings is 1. The predicted molar refractivity (Wildman–Crippen MR) is 73.5 cm³/mol. The van der Waals surface area contributed by atoms with Gasteiger partial charge in [0.1, 0.15) is 18.0 Å². The number of hydrogen-bond acceptors (Lipinski definition) is 5. The second-order valence-corrected chi connectivity index (χ2v) is 4.17. The van der Waals surface area contributed by atoms with E-state index >= 15 is 0 Å². The van der Waals surface area contributed by atoms with Gasteiger partial charge in [0.15, 0.2) is 0 Å². The van der Waals surface area contributed by atoms with Gasteiger partial charge in [-0.1, -0.05) is 12.1 Å². The molecule has 0 aliphatic carbocycles. The number of esters is 1. The zero-order valence-corrected chi connectivity index (χ0v) is 11.9. The Morgan fingerprint density at radius 2 is 1.85 bits per heavy atom. The number of carbonyl (C=O) groups is 2. The molecule has 5 nitrogen and oxygen atoms in total. The number of hydrogen-bond donors (Lipinski definition) is 0. The highest BCUT2D eigenvalue weighted by Crippen LogP contribution is 2.12. The number of ketones is 1. The summed E-state index contributed by atoms with van der Waals surface area (Å²) in [5.41, 5.74) is 1.00. The van der Waals surface area contributed by atoms with Gasteiger partial charge in [0.05, 0.1) is 26.9 Å². The molecule has 1 aromatic carbocycles. The van der Waals surface area contributed by atoms with Gasteiger partial charge in [-0.25, -0.2) is 0 Å². The Labute approximate surface area is 118 Å². The van der Waals surface area contributed by atoms with Crippen LogP contribution in [0, 0.1) is 0 Å². The summed E-state index contributed by atoms with van der Waals surface area (Å²) in [5.74, 6) is 0.143. The molecule has 0 fully saturated rings. The molecular weight excluding hydrogens is 260 g/mol. The van der Waals surface area contributed by atoms with Crippen molar-refractivity contribution in [1.29, 1.82) is 0 Å². The number of Topliss-reactive ketones (excluding diaryl/α,β-unsaturated/α-hetero) is 1. The lowest BCUT2D eigenvalue weighted by Crippen LogP contribution is -2.12. The molecule has 1 rings (SSSR count). The normalized spacial score (nSPS) is 10.1. The third-order valence-corrected chi connectivity index (χ3v) is 2.60. The smallest absolute Gasteiger partial charge is 0.313 e. The maximum absolute atomic E-state index is 11.4. The molecule has 0 saturated carbocycles. The van der Waals surface area contributed by atoms with E-state index in [0.29, 0.717) is 19.8 Å². The first-order valence-corrected chi connectivity index (χ1v) is 6.53. The molecule has 0 amide bonds. The van der Waals surface area contributed by atoms with Gasteiger partial charge in [-0.15, -0.1) is 0 Å². The van der Waals surface area contributed by atoms with Gasteiger partial charge in [0.2, 0.25) is 0 Å². The second kappa shape index (κ2) is 9.09. The van der Waals surface area contributed by atoms with Gasteiger partial charge < -0.3 is 14.2 Å². The van der Waals surface area contributed by atoms with E-state index in [0.717, 1.165) is 11.3 Å². The fraction of sp³-hybridized carbons (Fsp3) is 0.467. The van der Waals surface area contributed by atoms with Crippen molar-refractivity contribution in [2.24, 2.45) is 0 Å². The Morgan fingerprint density at radius 1 is 1.15 bits per heavy atom. The molecular formula is C15H20O5. The van der Waals surface area contributed by atoms with E-state index in [1.165, 1.54) is 0 Å². The van der Waals surface area contributed by atoms with E-state index in [-0.39, 0.29) is 18.6 Å². The third-order valence-electron chi connectivity index (χ3n) is 2.60. The van der Waals surface area contributed by atoms with Crippen molar-refractivity contribution in [3.05, 3.63) is 29.8 Å². The molecule has 0 spiro atoms. The molecule has 0 radical (unpaired) electrons. The van der Waals surface area contributed by atoms with Crippen molar-refractivity contribution >= 4 is 11.8 Å². The first-order valence-electron chi connectivity index (χ1n) is 6.53. The van der Waals surface area contributed by atoms with E-state index in [9.17, 15) is 9.59 Å². The SMILES string of the molecule is CCOC(=O)CC(=O)CCOCc1ccc(OC)cc1. The van der Waals surface area contributed by atoms with E-state index < -0.39 is 5.97 Å². The van der Waals surface area contributed by atoms with Crippen molar-refractivity contribution in [3.63, 3.8) is 0 Å². The van der Waals surface area contributed by atoms with Crippen LogP contribution in [0.2, 0.25) is 0 Å².